The summed E-state index contributed by atoms with van der Waals surface area (Å²) in [4.78, 5) is 30.8. The number of nitrogens with two attached hydrogens (primary N) is 1. The number of aryl methyl sites for hydroxylation is 1. The smallest absolute Gasteiger partial charge is 0.322 e. The number of nitriles is 1. The number of aromatic nitrogens is 2. The molecule has 4 rings (SSSR count). The van der Waals surface area contributed by atoms with Crippen LogP contribution in [0.25, 0.3) is 11.3 Å². The Kier molecular flexibility index (Phi) is 4.94. The maximum absolute atomic E-state index is 12.8. The molecule has 0 saturated carbocycles. The van der Waals surface area contributed by atoms with Crippen LogP contribution in [0.3, 0.4) is 0 Å². The Morgan fingerprint density at radius 3 is 2.57 bits per heavy atom. The minimum atomic E-state index is -0.678. The number of amides is 3. The number of anilines is 1. The normalized spacial score (nSPS) is 12.7. The maximum atomic E-state index is 12.8. The van der Waals surface area contributed by atoms with E-state index in [9.17, 15) is 14.9 Å². The maximum Gasteiger partial charge on any atom is 0.322 e. The molecule has 8 heteroatoms. The quantitative estimate of drug-likeness (QED) is 0.703. The van der Waals surface area contributed by atoms with Crippen molar-refractivity contribution in [1.82, 2.24) is 14.5 Å². The molecule has 0 radical (unpaired) electrons. The molecule has 3 aromatic rings. The first-order valence-corrected chi connectivity index (χ1v) is 9.49. The molecule has 0 saturated heterocycles. The fourth-order valence-electron chi connectivity index (χ4n) is 3.75. The zero-order valence-corrected chi connectivity index (χ0v) is 16.4. The molecule has 30 heavy (non-hydrogen) atoms. The summed E-state index contributed by atoms with van der Waals surface area (Å²) in [6, 6.07) is 14.8. The van der Waals surface area contributed by atoms with Gasteiger partial charge in [0.15, 0.2) is 0 Å². The van der Waals surface area contributed by atoms with E-state index in [1.54, 1.807) is 17.2 Å². The second kappa shape index (κ2) is 7.72. The van der Waals surface area contributed by atoms with Crippen molar-refractivity contribution in [3.05, 3.63) is 71.2 Å². The minimum absolute atomic E-state index is 0.172. The zero-order valence-electron chi connectivity index (χ0n) is 16.4. The first-order chi connectivity index (χ1) is 14.5. The third kappa shape index (κ3) is 3.37. The Labute approximate surface area is 173 Å². The summed E-state index contributed by atoms with van der Waals surface area (Å²) in [5, 5.41) is 12.6. The van der Waals surface area contributed by atoms with Crippen LogP contribution in [0.5, 0.6) is 0 Å². The molecule has 3 heterocycles. The lowest BCUT2D eigenvalue weighted by Crippen LogP contribution is -2.41. The summed E-state index contributed by atoms with van der Waals surface area (Å²) in [5.41, 5.74) is 9.55. The highest BCUT2D eigenvalue weighted by atomic mass is 16.2. The number of carbonyl (C=O) groups excluding carboxylic acids is 2. The number of fused-ring (bicyclic) bond motifs is 1. The average molecular weight is 400 g/mol. The van der Waals surface area contributed by atoms with E-state index in [1.807, 2.05) is 47.9 Å². The highest BCUT2D eigenvalue weighted by molar-refractivity contribution is 6.00. The summed E-state index contributed by atoms with van der Waals surface area (Å²) in [6.45, 7) is 2.91. The second-order valence-corrected chi connectivity index (χ2v) is 7.08. The predicted octanol–water partition coefficient (Wildman–Crippen LogP) is 2.88. The third-order valence-corrected chi connectivity index (χ3v) is 5.16. The Bertz CT molecular complexity index is 1160. The van der Waals surface area contributed by atoms with Crippen molar-refractivity contribution < 1.29 is 9.59 Å². The predicted molar refractivity (Wildman–Crippen MR) is 112 cm³/mol. The van der Waals surface area contributed by atoms with Crippen LogP contribution in [0.4, 0.5) is 10.5 Å². The molecule has 1 aliphatic rings. The first-order valence-electron chi connectivity index (χ1n) is 9.49. The standard InChI is InChI=1S/C22H20N6O2/c1-14-7-8-16(12-25-14)26-22(30)27-9-10-28-18(13-27)19(21(24)29)17(11-23)20(28)15-5-3-2-4-6-15/h2-8,12H,9-10,13H2,1H3,(H2,24,29)(H,26,30). The van der Waals surface area contributed by atoms with Gasteiger partial charge < -0.3 is 20.5 Å². The van der Waals surface area contributed by atoms with Crippen LogP contribution in [-0.2, 0) is 13.1 Å². The van der Waals surface area contributed by atoms with Crippen molar-refractivity contribution in [1.29, 1.82) is 5.26 Å². The molecule has 0 aliphatic carbocycles. The lowest BCUT2D eigenvalue weighted by Gasteiger charge is -2.30. The summed E-state index contributed by atoms with van der Waals surface area (Å²) < 4.78 is 1.92. The van der Waals surface area contributed by atoms with Gasteiger partial charge in [-0.15, -0.1) is 0 Å². The fraction of sp³-hybridized carbons (Fsp3) is 0.182. The summed E-state index contributed by atoms with van der Waals surface area (Å²) in [6.07, 6.45) is 1.59. The summed E-state index contributed by atoms with van der Waals surface area (Å²) in [5.74, 6) is -0.678. The molecule has 3 amide bonds. The van der Waals surface area contributed by atoms with Gasteiger partial charge in [0.25, 0.3) is 5.91 Å². The molecule has 0 unspecified atom stereocenters. The molecule has 0 bridgehead atoms. The van der Waals surface area contributed by atoms with Crippen molar-refractivity contribution in [3.8, 4) is 17.3 Å². The van der Waals surface area contributed by atoms with Gasteiger partial charge in [0.1, 0.15) is 6.07 Å². The number of hydrogen-bond donors (Lipinski definition) is 2. The fourth-order valence-corrected chi connectivity index (χ4v) is 3.75. The number of nitrogens with one attached hydrogen (secondary N) is 1. The molecule has 8 nitrogen and oxygen atoms in total. The van der Waals surface area contributed by atoms with Gasteiger partial charge in [0.2, 0.25) is 0 Å². The molecule has 0 fully saturated rings. The first kappa shape index (κ1) is 19.2. The number of carbonyl (C=O) groups is 2. The molecule has 3 N–H and O–H groups in total. The van der Waals surface area contributed by atoms with Gasteiger partial charge in [0.05, 0.1) is 40.9 Å². The largest absolute Gasteiger partial charge is 0.366 e. The van der Waals surface area contributed by atoms with Crippen LogP contribution in [0, 0.1) is 18.3 Å². The van der Waals surface area contributed by atoms with E-state index in [0.29, 0.717) is 30.2 Å². The van der Waals surface area contributed by atoms with Crippen LogP contribution in [0.1, 0.15) is 27.3 Å². The number of pyridine rings is 1. The van der Waals surface area contributed by atoms with E-state index in [1.165, 1.54) is 0 Å². The van der Waals surface area contributed by atoms with Gasteiger partial charge in [-0.05, 0) is 24.6 Å². The SMILES string of the molecule is Cc1ccc(NC(=O)N2CCn3c(c(C(N)=O)c(C#N)c3-c3ccccc3)C2)cn1. The Morgan fingerprint density at radius 1 is 1.17 bits per heavy atom. The van der Waals surface area contributed by atoms with Gasteiger partial charge in [-0.1, -0.05) is 30.3 Å². The van der Waals surface area contributed by atoms with Crippen LogP contribution >= 0.6 is 0 Å². The van der Waals surface area contributed by atoms with Crippen molar-refractivity contribution in [2.75, 3.05) is 11.9 Å². The molecule has 1 aliphatic heterocycles. The molecule has 1 aromatic carbocycles. The van der Waals surface area contributed by atoms with Crippen LogP contribution in [0.15, 0.2) is 48.7 Å². The van der Waals surface area contributed by atoms with E-state index in [2.05, 4.69) is 16.4 Å². The number of urea groups is 1. The van der Waals surface area contributed by atoms with Gasteiger partial charge in [-0.3, -0.25) is 9.78 Å². The molecule has 0 spiro atoms. The van der Waals surface area contributed by atoms with Gasteiger partial charge in [-0.25, -0.2) is 4.79 Å². The van der Waals surface area contributed by atoms with Crippen LogP contribution in [-0.4, -0.2) is 32.9 Å². The van der Waals surface area contributed by atoms with E-state index in [4.69, 9.17) is 5.73 Å². The lowest BCUT2D eigenvalue weighted by molar-refractivity contribution is 0.0997. The average Bonchev–Trinajstić information content (AvgIpc) is 3.09. The van der Waals surface area contributed by atoms with Crippen molar-refractivity contribution >= 4 is 17.6 Å². The molecular weight excluding hydrogens is 380 g/mol. The highest BCUT2D eigenvalue weighted by Crippen LogP contribution is 2.34. The molecule has 150 valence electrons. The number of rotatable bonds is 3. The number of nitrogens with zero attached hydrogens (tertiary/aromatic N) is 4. The highest BCUT2D eigenvalue weighted by Gasteiger charge is 2.32. The lowest BCUT2D eigenvalue weighted by atomic mass is 10.0. The Balaban J connectivity index is 1.70. The molecular formula is C22H20N6O2. The van der Waals surface area contributed by atoms with Crippen molar-refractivity contribution in [2.24, 2.45) is 5.73 Å². The van der Waals surface area contributed by atoms with Crippen LogP contribution < -0.4 is 11.1 Å². The molecule has 2 aromatic heterocycles. The monoisotopic (exact) mass is 400 g/mol. The van der Waals surface area contributed by atoms with Crippen molar-refractivity contribution in [3.63, 3.8) is 0 Å². The van der Waals surface area contributed by atoms with E-state index < -0.39 is 5.91 Å². The van der Waals surface area contributed by atoms with Gasteiger partial charge >= 0.3 is 6.03 Å². The van der Waals surface area contributed by atoms with E-state index in [-0.39, 0.29) is 23.7 Å². The number of benzene rings is 1. The van der Waals surface area contributed by atoms with Crippen molar-refractivity contribution in [2.45, 2.75) is 20.0 Å². The van der Waals surface area contributed by atoms with E-state index in [0.717, 1.165) is 11.3 Å². The zero-order chi connectivity index (χ0) is 21.3. The topological polar surface area (TPSA) is 117 Å². The molecule has 0 atom stereocenters. The minimum Gasteiger partial charge on any atom is -0.366 e. The summed E-state index contributed by atoms with van der Waals surface area (Å²) >= 11 is 0. The Hall–Kier alpha value is -4.12. The van der Waals surface area contributed by atoms with Gasteiger partial charge in [0, 0.05) is 18.8 Å². The van der Waals surface area contributed by atoms with Gasteiger partial charge in [-0.2, -0.15) is 5.26 Å². The second-order valence-electron chi connectivity index (χ2n) is 7.08. The van der Waals surface area contributed by atoms with E-state index >= 15 is 0 Å². The summed E-state index contributed by atoms with van der Waals surface area (Å²) in [7, 11) is 0. The number of primary amides is 1. The number of hydrogen-bond acceptors (Lipinski definition) is 4. The van der Waals surface area contributed by atoms with Crippen LogP contribution in [0.2, 0.25) is 0 Å². The Morgan fingerprint density at radius 2 is 1.93 bits per heavy atom. The third-order valence-electron chi connectivity index (χ3n) is 5.16.